The molecule has 4 heteroatoms. The average molecular weight is 207 g/mol. The van der Waals surface area contributed by atoms with Crippen LogP contribution in [-0.2, 0) is 6.54 Å². The van der Waals surface area contributed by atoms with Gasteiger partial charge in [0.25, 0.3) is 5.56 Å². The van der Waals surface area contributed by atoms with Crippen molar-refractivity contribution in [3.05, 3.63) is 27.7 Å². The van der Waals surface area contributed by atoms with Crippen LogP contribution in [0, 0.1) is 0 Å². The first kappa shape index (κ1) is 10.4. The summed E-state index contributed by atoms with van der Waals surface area (Å²) < 4.78 is 0. The molecule has 1 saturated carbocycles. The Labute approximate surface area is 88.9 Å². The summed E-state index contributed by atoms with van der Waals surface area (Å²) >= 11 is 0. The number of nitrogens with one attached hydrogen (secondary N) is 1. The molecule has 0 radical (unpaired) electrons. The van der Waals surface area contributed by atoms with Crippen LogP contribution in [0.2, 0.25) is 0 Å². The summed E-state index contributed by atoms with van der Waals surface area (Å²) in [6.07, 6.45) is 6.18. The van der Waals surface area contributed by atoms with Crippen molar-refractivity contribution in [2.45, 2.75) is 44.6 Å². The highest BCUT2D eigenvalue weighted by molar-refractivity contribution is 5.21. The maximum atomic E-state index is 11.1. The SMILES string of the molecule is NCc1cc(=O)[nH]nc1C1CCCCC1. The maximum Gasteiger partial charge on any atom is 0.264 e. The van der Waals surface area contributed by atoms with Crippen molar-refractivity contribution in [1.29, 1.82) is 0 Å². The monoisotopic (exact) mass is 207 g/mol. The summed E-state index contributed by atoms with van der Waals surface area (Å²) in [4.78, 5) is 11.1. The molecule has 82 valence electrons. The fourth-order valence-corrected chi connectivity index (χ4v) is 2.34. The van der Waals surface area contributed by atoms with E-state index in [-0.39, 0.29) is 5.56 Å². The zero-order valence-corrected chi connectivity index (χ0v) is 8.83. The lowest BCUT2D eigenvalue weighted by Gasteiger charge is -2.22. The number of aromatic nitrogens is 2. The molecule has 0 atom stereocenters. The molecule has 0 unspecified atom stereocenters. The van der Waals surface area contributed by atoms with Crippen molar-refractivity contribution >= 4 is 0 Å². The standard InChI is InChI=1S/C11H17N3O/c12-7-9-6-10(15)13-14-11(9)8-4-2-1-3-5-8/h6,8H,1-5,7,12H2,(H,13,15). The molecule has 1 aromatic rings. The van der Waals surface area contributed by atoms with Gasteiger partial charge in [0.15, 0.2) is 0 Å². The van der Waals surface area contributed by atoms with Crippen LogP contribution >= 0.6 is 0 Å². The summed E-state index contributed by atoms with van der Waals surface area (Å²) in [6, 6.07) is 1.58. The number of H-pyrrole nitrogens is 1. The van der Waals surface area contributed by atoms with Gasteiger partial charge >= 0.3 is 0 Å². The van der Waals surface area contributed by atoms with Crippen LogP contribution in [0.25, 0.3) is 0 Å². The second-order valence-corrected chi connectivity index (χ2v) is 4.18. The Balaban J connectivity index is 2.29. The summed E-state index contributed by atoms with van der Waals surface area (Å²) in [6.45, 7) is 0.406. The van der Waals surface area contributed by atoms with Crippen molar-refractivity contribution in [2.24, 2.45) is 5.73 Å². The summed E-state index contributed by atoms with van der Waals surface area (Å²) in [5.74, 6) is 0.495. The largest absolute Gasteiger partial charge is 0.326 e. The number of hydrogen-bond donors (Lipinski definition) is 2. The lowest BCUT2D eigenvalue weighted by atomic mass is 9.85. The van der Waals surface area contributed by atoms with Crippen LogP contribution in [0.5, 0.6) is 0 Å². The lowest BCUT2D eigenvalue weighted by Crippen LogP contribution is -2.18. The second kappa shape index (κ2) is 4.57. The number of nitrogens with zero attached hydrogens (tertiary/aromatic N) is 1. The fourth-order valence-electron chi connectivity index (χ4n) is 2.34. The van der Waals surface area contributed by atoms with Gasteiger partial charge < -0.3 is 5.73 Å². The van der Waals surface area contributed by atoms with Gasteiger partial charge in [-0.3, -0.25) is 4.79 Å². The van der Waals surface area contributed by atoms with E-state index < -0.39 is 0 Å². The van der Waals surface area contributed by atoms with Crippen LogP contribution in [-0.4, -0.2) is 10.2 Å². The Hall–Kier alpha value is -1.16. The molecule has 0 bridgehead atoms. The maximum absolute atomic E-state index is 11.1. The minimum atomic E-state index is -0.157. The molecule has 0 spiro atoms. The Kier molecular flexibility index (Phi) is 3.16. The van der Waals surface area contributed by atoms with Crippen molar-refractivity contribution in [1.82, 2.24) is 10.2 Å². The zero-order valence-electron chi connectivity index (χ0n) is 8.83. The number of rotatable bonds is 2. The minimum Gasteiger partial charge on any atom is -0.326 e. The smallest absolute Gasteiger partial charge is 0.264 e. The molecule has 1 aliphatic carbocycles. The van der Waals surface area contributed by atoms with Gasteiger partial charge in [-0.1, -0.05) is 19.3 Å². The van der Waals surface area contributed by atoms with Gasteiger partial charge in [0.2, 0.25) is 0 Å². The van der Waals surface area contributed by atoms with E-state index >= 15 is 0 Å². The molecule has 15 heavy (non-hydrogen) atoms. The van der Waals surface area contributed by atoms with Gasteiger partial charge in [0.05, 0.1) is 5.69 Å². The van der Waals surface area contributed by atoms with Gasteiger partial charge in [-0.15, -0.1) is 0 Å². The van der Waals surface area contributed by atoms with Crippen LogP contribution in [0.3, 0.4) is 0 Å². The van der Waals surface area contributed by atoms with E-state index in [1.54, 1.807) is 6.07 Å². The lowest BCUT2D eigenvalue weighted by molar-refractivity contribution is 0.431. The minimum absolute atomic E-state index is 0.157. The van der Waals surface area contributed by atoms with Crippen molar-refractivity contribution in [3.8, 4) is 0 Å². The number of hydrogen-bond acceptors (Lipinski definition) is 3. The average Bonchev–Trinajstić information content (AvgIpc) is 2.30. The van der Waals surface area contributed by atoms with Crippen molar-refractivity contribution in [3.63, 3.8) is 0 Å². The third-order valence-corrected chi connectivity index (χ3v) is 3.13. The topological polar surface area (TPSA) is 71.8 Å². The predicted octanol–water partition coefficient (Wildman–Crippen LogP) is 1.28. The normalized spacial score (nSPS) is 17.9. The summed E-state index contributed by atoms with van der Waals surface area (Å²) in [5.41, 5.74) is 7.39. The molecule has 0 aliphatic heterocycles. The molecule has 0 aromatic carbocycles. The van der Waals surface area contributed by atoms with Crippen LogP contribution in [0.4, 0.5) is 0 Å². The third-order valence-electron chi connectivity index (χ3n) is 3.13. The van der Waals surface area contributed by atoms with Gasteiger partial charge in [0, 0.05) is 18.5 Å². The third kappa shape index (κ3) is 2.26. The molecule has 1 heterocycles. The molecule has 1 aliphatic rings. The van der Waals surface area contributed by atoms with E-state index in [0.717, 1.165) is 11.3 Å². The molecule has 4 nitrogen and oxygen atoms in total. The molecule has 0 amide bonds. The van der Waals surface area contributed by atoms with Crippen molar-refractivity contribution < 1.29 is 0 Å². The summed E-state index contributed by atoms with van der Waals surface area (Å²) in [7, 11) is 0. The van der Waals surface area contributed by atoms with Crippen LogP contribution in [0.15, 0.2) is 10.9 Å². The first-order valence-electron chi connectivity index (χ1n) is 5.60. The highest BCUT2D eigenvalue weighted by atomic mass is 16.1. The van der Waals surface area contributed by atoms with Gasteiger partial charge in [-0.25, -0.2) is 5.10 Å². The van der Waals surface area contributed by atoms with Gasteiger partial charge in [0.1, 0.15) is 0 Å². The number of nitrogens with two attached hydrogens (primary N) is 1. The van der Waals surface area contributed by atoms with Gasteiger partial charge in [-0.2, -0.15) is 5.10 Å². The zero-order chi connectivity index (χ0) is 10.7. The van der Waals surface area contributed by atoms with E-state index in [9.17, 15) is 4.79 Å². The molecule has 1 aromatic heterocycles. The fraction of sp³-hybridized carbons (Fsp3) is 0.636. The Bertz CT molecular complexity index is 380. The molecule has 0 saturated heterocycles. The van der Waals surface area contributed by atoms with E-state index in [4.69, 9.17) is 5.73 Å². The molecule has 1 fully saturated rings. The van der Waals surface area contributed by atoms with E-state index in [2.05, 4.69) is 10.2 Å². The molecule has 2 rings (SSSR count). The molecule has 3 N–H and O–H groups in total. The van der Waals surface area contributed by atoms with E-state index in [1.165, 1.54) is 32.1 Å². The highest BCUT2D eigenvalue weighted by Gasteiger charge is 2.19. The number of aromatic amines is 1. The van der Waals surface area contributed by atoms with Gasteiger partial charge in [-0.05, 0) is 18.4 Å². The molecular weight excluding hydrogens is 190 g/mol. The Morgan fingerprint density at radius 1 is 1.40 bits per heavy atom. The summed E-state index contributed by atoms with van der Waals surface area (Å²) in [5, 5.41) is 6.67. The van der Waals surface area contributed by atoms with E-state index in [0.29, 0.717) is 12.5 Å². The van der Waals surface area contributed by atoms with Crippen LogP contribution in [0.1, 0.15) is 49.3 Å². The second-order valence-electron chi connectivity index (χ2n) is 4.18. The van der Waals surface area contributed by atoms with Crippen molar-refractivity contribution in [2.75, 3.05) is 0 Å². The quantitative estimate of drug-likeness (QED) is 0.767. The highest BCUT2D eigenvalue weighted by Crippen LogP contribution is 2.32. The Morgan fingerprint density at radius 3 is 2.80 bits per heavy atom. The van der Waals surface area contributed by atoms with Crippen LogP contribution < -0.4 is 11.3 Å². The molecular formula is C11H17N3O. The first-order chi connectivity index (χ1) is 7.31. The first-order valence-corrected chi connectivity index (χ1v) is 5.60. The Morgan fingerprint density at radius 2 is 2.13 bits per heavy atom. The predicted molar refractivity (Wildman–Crippen MR) is 58.6 cm³/mol. The van der Waals surface area contributed by atoms with E-state index in [1.807, 2.05) is 0 Å².